The quantitative estimate of drug-likeness (QED) is 0.914. The van der Waals surface area contributed by atoms with Crippen molar-refractivity contribution in [1.29, 1.82) is 0 Å². The van der Waals surface area contributed by atoms with E-state index in [1.54, 1.807) is 6.20 Å². The van der Waals surface area contributed by atoms with Crippen LogP contribution in [0.5, 0.6) is 0 Å². The molecule has 1 aromatic heterocycles. The molecule has 3 heterocycles. The highest BCUT2D eigenvalue weighted by Crippen LogP contribution is 2.21. The molecule has 1 atom stereocenters. The zero-order valence-electron chi connectivity index (χ0n) is 14.0. The first kappa shape index (κ1) is 16.0. The van der Waals surface area contributed by atoms with Crippen LogP contribution in [0.2, 0.25) is 0 Å². The van der Waals surface area contributed by atoms with Crippen molar-refractivity contribution in [3.8, 4) is 0 Å². The van der Waals surface area contributed by atoms with Gasteiger partial charge in [-0.3, -0.25) is 5.32 Å². The number of nitrogens with zero attached hydrogens (tertiary/aromatic N) is 5. The van der Waals surface area contributed by atoms with Crippen LogP contribution >= 0.6 is 0 Å². The van der Waals surface area contributed by atoms with Crippen molar-refractivity contribution in [3.63, 3.8) is 0 Å². The van der Waals surface area contributed by atoms with Gasteiger partial charge in [-0.25, -0.2) is 9.78 Å². The molecule has 2 aliphatic rings. The topological polar surface area (TPSA) is 64.6 Å². The van der Waals surface area contributed by atoms with Crippen molar-refractivity contribution in [3.05, 3.63) is 12.3 Å². The number of nitrogens with one attached hydrogen (secondary N) is 1. The van der Waals surface area contributed by atoms with Gasteiger partial charge in [0.1, 0.15) is 5.82 Å². The third kappa shape index (κ3) is 3.90. The van der Waals surface area contributed by atoms with E-state index in [1.165, 1.54) is 25.9 Å². The Balaban J connectivity index is 1.61. The van der Waals surface area contributed by atoms with Crippen molar-refractivity contribution in [1.82, 2.24) is 19.8 Å². The monoisotopic (exact) mass is 318 g/mol. The fourth-order valence-corrected chi connectivity index (χ4v) is 3.38. The Morgan fingerprint density at radius 1 is 1.30 bits per heavy atom. The van der Waals surface area contributed by atoms with E-state index >= 15 is 0 Å². The van der Waals surface area contributed by atoms with E-state index in [0.29, 0.717) is 12.0 Å². The van der Waals surface area contributed by atoms with Crippen molar-refractivity contribution >= 4 is 17.8 Å². The minimum absolute atomic E-state index is 0.0809. The van der Waals surface area contributed by atoms with Gasteiger partial charge in [0.05, 0.1) is 0 Å². The van der Waals surface area contributed by atoms with Crippen molar-refractivity contribution in [2.45, 2.75) is 31.7 Å². The summed E-state index contributed by atoms with van der Waals surface area (Å²) in [6, 6.07) is 2.05. The number of amides is 2. The molecule has 1 aromatic rings. The molecule has 7 nitrogen and oxygen atoms in total. The maximum absolute atomic E-state index is 12.6. The lowest BCUT2D eigenvalue weighted by molar-refractivity contribution is 0.186. The summed E-state index contributed by atoms with van der Waals surface area (Å²) in [6.07, 6.45) is 6.39. The number of likely N-dealkylation sites (tertiary alicyclic amines) is 2. The average Bonchev–Trinajstić information content (AvgIpc) is 3.19. The minimum Gasteiger partial charge on any atom is -0.363 e. The minimum atomic E-state index is -0.0809. The van der Waals surface area contributed by atoms with Gasteiger partial charge >= 0.3 is 6.03 Å². The van der Waals surface area contributed by atoms with Gasteiger partial charge in [-0.2, -0.15) is 4.98 Å². The fourth-order valence-electron chi connectivity index (χ4n) is 3.38. The van der Waals surface area contributed by atoms with E-state index in [-0.39, 0.29) is 6.03 Å². The number of carbonyl (C=O) groups is 1. The van der Waals surface area contributed by atoms with E-state index in [9.17, 15) is 4.79 Å². The van der Waals surface area contributed by atoms with Gasteiger partial charge in [0, 0.05) is 39.4 Å². The molecule has 2 fully saturated rings. The van der Waals surface area contributed by atoms with E-state index in [1.807, 2.05) is 30.0 Å². The van der Waals surface area contributed by atoms with Gasteiger partial charge in [-0.05, 0) is 44.8 Å². The lowest BCUT2D eigenvalue weighted by Gasteiger charge is -2.28. The predicted molar refractivity (Wildman–Crippen MR) is 90.8 cm³/mol. The maximum Gasteiger partial charge on any atom is 0.324 e. The second kappa shape index (κ2) is 7.12. The average molecular weight is 318 g/mol. The summed E-state index contributed by atoms with van der Waals surface area (Å²) in [4.78, 5) is 27.4. The Bertz CT molecular complexity index is 543. The van der Waals surface area contributed by atoms with Gasteiger partial charge < -0.3 is 14.7 Å². The molecule has 2 amide bonds. The van der Waals surface area contributed by atoms with Crippen molar-refractivity contribution in [2.24, 2.45) is 0 Å². The number of aromatic nitrogens is 2. The highest BCUT2D eigenvalue weighted by Gasteiger charge is 2.31. The van der Waals surface area contributed by atoms with Gasteiger partial charge in [0.15, 0.2) is 0 Å². The van der Waals surface area contributed by atoms with E-state index in [2.05, 4.69) is 20.2 Å². The van der Waals surface area contributed by atoms with E-state index < -0.39 is 0 Å². The third-order valence-corrected chi connectivity index (χ3v) is 4.62. The summed E-state index contributed by atoms with van der Waals surface area (Å²) >= 11 is 0. The number of carbonyl (C=O) groups excluding carboxylic acids is 1. The number of hydrogen-bond donors (Lipinski definition) is 1. The fraction of sp³-hybridized carbons (Fsp3) is 0.688. The molecule has 7 heteroatoms. The van der Waals surface area contributed by atoms with Gasteiger partial charge in [0.25, 0.3) is 0 Å². The Kier molecular flexibility index (Phi) is 4.95. The first-order valence-electron chi connectivity index (χ1n) is 8.44. The first-order chi connectivity index (χ1) is 11.1. The summed E-state index contributed by atoms with van der Waals surface area (Å²) in [7, 11) is 3.83. The largest absolute Gasteiger partial charge is 0.363 e. The predicted octanol–water partition coefficient (Wildman–Crippen LogP) is 1.63. The molecule has 0 spiro atoms. The molecule has 2 saturated heterocycles. The van der Waals surface area contributed by atoms with Crippen LogP contribution in [-0.2, 0) is 0 Å². The Morgan fingerprint density at radius 2 is 2.09 bits per heavy atom. The normalized spacial score (nSPS) is 21.7. The van der Waals surface area contributed by atoms with Crippen LogP contribution in [0, 0.1) is 0 Å². The smallest absolute Gasteiger partial charge is 0.324 e. The van der Waals surface area contributed by atoms with Crippen LogP contribution < -0.4 is 10.2 Å². The lowest BCUT2D eigenvalue weighted by atomic mass is 10.2. The summed E-state index contributed by atoms with van der Waals surface area (Å²) in [6.45, 7) is 4.14. The van der Waals surface area contributed by atoms with Crippen molar-refractivity contribution < 1.29 is 4.79 Å². The van der Waals surface area contributed by atoms with Crippen LogP contribution in [0.3, 0.4) is 0 Å². The molecule has 2 aliphatic heterocycles. The Morgan fingerprint density at radius 3 is 2.83 bits per heavy atom. The third-order valence-electron chi connectivity index (χ3n) is 4.62. The molecule has 23 heavy (non-hydrogen) atoms. The molecule has 126 valence electrons. The second-order valence-corrected chi connectivity index (χ2v) is 6.56. The molecular weight excluding hydrogens is 292 g/mol. The number of urea groups is 1. The zero-order chi connectivity index (χ0) is 16.2. The molecule has 0 unspecified atom stereocenters. The van der Waals surface area contributed by atoms with Crippen LogP contribution in [0.25, 0.3) is 0 Å². The standard InChI is InChI=1S/C16H26N6O/c1-20(2)14-7-8-17-15(18-14)19-16(23)22-11-5-6-13(22)12-21-9-3-4-10-21/h7-8,13H,3-6,9-12H2,1-2H3,(H,17,18,19,23)/t13-/m0/s1. The van der Waals surface area contributed by atoms with Gasteiger partial charge in [-0.15, -0.1) is 0 Å². The van der Waals surface area contributed by atoms with Crippen LogP contribution in [0.4, 0.5) is 16.6 Å². The van der Waals surface area contributed by atoms with Crippen LogP contribution in [0.1, 0.15) is 25.7 Å². The van der Waals surface area contributed by atoms with E-state index in [4.69, 9.17) is 0 Å². The molecule has 0 aliphatic carbocycles. The van der Waals surface area contributed by atoms with Gasteiger partial charge in [-0.1, -0.05) is 0 Å². The summed E-state index contributed by atoms with van der Waals surface area (Å²) < 4.78 is 0. The summed E-state index contributed by atoms with van der Waals surface area (Å²) in [5, 5.41) is 2.85. The Hall–Kier alpha value is -1.89. The SMILES string of the molecule is CN(C)c1ccnc(NC(=O)N2CCC[C@H]2CN2CCCC2)n1. The molecule has 1 N–H and O–H groups in total. The van der Waals surface area contributed by atoms with Crippen molar-refractivity contribution in [2.75, 3.05) is 50.5 Å². The highest BCUT2D eigenvalue weighted by atomic mass is 16.2. The summed E-state index contributed by atoms with van der Waals surface area (Å²) in [5.74, 6) is 1.15. The molecule has 3 rings (SSSR count). The van der Waals surface area contributed by atoms with Gasteiger partial charge in [0.2, 0.25) is 5.95 Å². The lowest BCUT2D eigenvalue weighted by Crippen LogP contribution is -2.44. The first-order valence-corrected chi connectivity index (χ1v) is 8.44. The summed E-state index contributed by atoms with van der Waals surface area (Å²) in [5.41, 5.74) is 0. The van der Waals surface area contributed by atoms with Crippen LogP contribution in [-0.4, -0.2) is 72.1 Å². The maximum atomic E-state index is 12.6. The number of rotatable bonds is 4. The van der Waals surface area contributed by atoms with E-state index in [0.717, 1.165) is 31.7 Å². The molecule has 0 saturated carbocycles. The second-order valence-electron chi connectivity index (χ2n) is 6.56. The number of hydrogen-bond acceptors (Lipinski definition) is 5. The molecule has 0 radical (unpaired) electrons. The number of anilines is 2. The molecular formula is C16H26N6O. The highest BCUT2D eigenvalue weighted by molar-refractivity contribution is 5.88. The zero-order valence-corrected chi connectivity index (χ0v) is 14.0. The molecule has 0 aromatic carbocycles. The molecule has 0 bridgehead atoms. The van der Waals surface area contributed by atoms with Crippen LogP contribution in [0.15, 0.2) is 12.3 Å². The Labute approximate surface area is 137 Å².